The summed E-state index contributed by atoms with van der Waals surface area (Å²) in [5.74, 6) is 1.59. The van der Waals surface area contributed by atoms with Crippen molar-refractivity contribution in [1.82, 2.24) is 5.32 Å². The van der Waals surface area contributed by atoms with Gasteiger partial charge in [-0.3, -0.25) is 0 Å². The standard InChI is InChI=1S/C14H17NO3/c1-2-17-13-7-3-5-11(14(13)16)9-15-10-12-6-4-8-18-12/h3-8,15-16H,2,9-10H2,1H3. The number of furan rings is 1. The molecule has 0 spiro atoms. The van der Waals surface area contributed by atoms with Gasteiger partial charge in [-0.05, 0) is 25.1 Å². The summed E-state index contributed by atoms with van der Waals surface area (Å²) < 4.78 is 10.5. The fraction of sp³-hybridized carbons (Fsp3) is 0.286. The normalized spacial score (nSPS) is 10.5. The predicted octanol–water partition coefficient (Wildman–Crippen LogP) is 2.67. The molecular weight excluding hydrogens is 230 g/mol. The highest BCUT2D eigenvalue weighted by molar-refractivity contribution is 5.45. The second kappa shape index (κ2) is 6.12. The highest BCUT2D eigenvalue weighted by Gasteiger charge is 2.07. The number of para-hydroxylation sites is 1. The molecule has 96 valence electrons. The molecule has 1 heterocycles. The van der Waals surface area contributed by atoms with Crippen molar-refractivity contribution in [3.8, 4) is 11.5 Å². The fourth-order valence-corrected chi connectivity index (χ4v) is 1.72. The van der Waals surface area contributed by atoms with Crippen LogP contribution in [0.3, 0.4) is 0 Å². The zero-order valence-corrected chi connectivity index (χ0v) is 10.3. The smallest absolute Gasteiger partial charge is 0.162 e. The Hall–Kier alpha value is -1.94. The Balaban J connectivity index is 1.94. The van der Waals surface area contributed by atoms with Gasteiger partial charge in [-0.25, -0.2) is 0 Å². The molecule has 0 saturated carbocycles. The van der Waals surface area contributed by atoms with Gasteiger partial charge < -0.3 is 19.6 Å². The van der Waals surface area contributed by atoms with Crippen LogP contribution < -0.4 is 10.1 Å². The van der Waals surface area contributed by atoms with Crippen molar-refractivity contribution in [2.45, 2.75) is 20.0 Å². The van der Waals surface area contributed by atoms with Crippen LogP contribution in [0, 0.1) is 0 Å². The molecule has 0 atom stereocenters. The third-order valence-corrected chi connectivity index (χ3v) is 2.58. The lowest BCUT2D eigenvalue weighted by atomic mass is 10.2. The minimum absolute atomic E-state index is 0.200. The van der Waals surface area contributed by atoms with E-state index in [2.05, 4.69) is 5.32 Å². The number of rotatable bonds is 6. The molecule has 0 amide bonds. The van der Waals surface area contributed by atoms with Gasteiger partial charge in [-0.15, -0.1) is 0 Å². The molecule has 0 bridgehead atoms. The van der Waals surface area contributed by atoms with Crippen LogP contribution in [0.5, 0.6) is 11.5 Å². The van der Waals surface area contributed by atoms with Crippen LogP contribution >= 0.6 is 0 Å². The largest absolute Gasteiger partial charge is 0.504 e. The predicted molar refractivity (Wildman–Crippen MR) is 68.5 cm³/mol. The van der Waals surface area contributed by atoms with E-state index in [1.54, 1.807) is 12.3 Å². The molecule has 2 rings (SSSR count). The van der Waals surface area contributed by atoms with Gasteiger partial charge in [-0.2, -0.15) is 0 Å². The zero-order chi connectivity index (χ0) is 12.8. The summed E-state index contributed by atoms with van der Waals surface area (Å²) in [6, 6.07) is 9.25. The number of benzene rings is 1. The second-order valence-electron chi connectivity index (χ2n) is 3.88. The van der Waals surface area contributed by atoms with E-state index >= 15 is 0 Å². The SMILES string of the molecule is CCOc1cccc(CNCc2ccco2)c1O. The summed E-state index contributed by atoms with van der Waals surface area (Å²) in [7, 11) is 0. The summed E-state index contributed by atoms with van der Waals surface area (Å²) in [5, 5.41) is 13.2. The number of nitrogens with one attached hydrogen (secondary N) is 1. The molecule has 0 aliphatic rings. The van der Waals surface area contributed by atoms with Crippen LogP contribution in [0.4, 0.5) is 0 Å². The lowest BCUT2D eigenvalue weighted by Crippen LogP contribution is -2.12. The first-order valence-corrected chi connectivity index (χ1v) is 5.98. The van der Waals surface area contributed by atoms with Gasteiger partial charge in [0.15, 0.2) is 11.5 Å². The van der Waals surface area contributed by atoms with Crippen LogP contribution in [-0.2, 0) is 13.1 Å². The summed E-state index contributed by atoms with van der Waals surface area (Å²) in [6.07, 6.45) is 1.64. The molecule has 2 N–H and O–H groups in total. The van der Waals surface area contributed by atoms with Gasteiger partial charge in [0.1, 0.15) is 5.76 Å². The van der Waals surface area contributed by atoms with Gasteiger partial charge in [0.2, 0.25) is 0 Å². The van der Waals surface area contributed by atoms with E-state index < -0.39 is 0 Å². The van der Waals surface area contributed by atoms with Crippen LogP contribution in [-0.4, -0.2) is 11.7 Å². The summed E-state index contributed by atoms with van der Waals surface area (Å²) >= 11 is 0. The van der Waals surface area contributed by atoms with Gasteiger partial charge in [0.05, 0.1) is 19.4 Å². The van der Waals surface area contributed by atoms with E-state index in [4.69, 9.17) is 9.15 Å². The highest BCUT2D eigenvalue weighted by Crippen LogP contribution is 2.29. The van der Waals surface area contributed by atoms with Crippen molar-refractivity contribution < 1.29 is 14.3 Å². The molecular formula is C14H17NO3. The summed E-state index contributed by atoms with van der Waals surface area (Å²) in [6.45, 7) is 3.62. The molecule has 1 aromatic heterocycles. The molecule has 0 aliphatic heterocycles. The zero-order valence-electron chi connectivity index (χ0n) is 10.3. The summed E-state index contributed by atoms with van der Waals surface area (Å²) in [4.78, 5) is 0. The topological polar surface area (TPSA) is 54.6 Å². The van der Waals surface area contributed by atoms with Crippen molar-refractivity contribution in [2.75, 3.05) is 6.61 Å². The molecule has 4 nitrogen and oxygen atoms in total. The van der Waals surface area contributed by atoms with E-state index in [-0.39, 0.29) is 5.75 Å². The van der Waals surface area contributed by atoms with Gasteiger partial charge in [-0.1, -0.05) is 12.1 Å². The van der Waals surface area contributed by atoms with E-state index in [9.17, 15) is 5.11 Å². The average Bonchev–Trinajstić information content (AvgIpc) is 2.87. The maximum absolute atomic E-state index is 9.99. The monoisotopic (exact) mass is 247 g/mol. The number of phenolic OH excluding ortho intramolecular Hbond substituents is 1. The van der Waals surface area contributed by atoms with Crippen molar-refractivity contribution in [3.63, 3.8) is 0 Å². The minimum atomic E-state index is 0.200. The van der Waals surface area contributed by atoms with Gasteiger partial charge in [0, 0.05) is 12.1 Å². The molecule has 18 heavy (non-hydrogen) atoms. The quantitative estimate of drug-likeness (QED) is 0.824. The van der Waals surface area contributed by atoms with Crippen LogP contribution in [0.25, 0.3) is 0 Å². The maximum Gasteiger partial charge on any atom is 0.162 e. The molecule has 0 fully saturated rings. The van der Waals surface area contributed by atoms with Gasteiger partial charge >= 0.3 is 0 Å². The van der Waals surface area contributed by atoms with Crippen molar-refractivity contribution in [3.05, 3.63) is 47.9 Å². The molecule has 0 saturated heterocycles. The number of hydrogen-bond donors (Lipinski definition) is 2. The number of ether oxygens (including phenoxy) is 1. The maximum atomic E-state index is 9.99. The third kappa shape index (κ3) is 3.05. The highest BCUT2D eigenvalue weighted by atomic mass is 16.5. The molecule has 2 aromatic rings. The lowest BCUT2D eigenvalue weighted by molar-refractivity contribution is 0.316. The van der Waals surface area contributed by atoms with Gasteiger partial charge in [0.25, 0.3) is 0 Å². The summed E-state index contributed by atoms with van der Waals surface area (Å²) in [5.41, 5.74) is 0.813. The Morgan fingerprint density at radius 2 is 2.11 bits per heavy atom. The van der Waals surface area contributed by atoms with Crippen molar-refractivity contribution in [1.29, 1.82) is 0 Å². The van der Waals surface area contributed by atoms with E-state index in [0.29, 0.717) is 25.4 Å². The first-order chi connectivity index (χ1) is 8.81. The third-order valence-electron chi connectivity index (χ3n) is 2.58. The Bertz CT molecular complexity index is 480. The van der Waals surface area contributed by atoms with E-state index in [0.717, 1.165) is 11.3 Å². The minimum Gasteiger partial charge on any atom is -0.504 e. The molecule has 1 aromatic carbocycles. The van der Waals surface area contributed by atoms with Crippen molar-refractivity contribution in [2.24, 2.45) is 0 Å². The first kappa shape index (κ1) is 12.5. The number of hydrogen-bond acceptors (Lipinski definition) is 4. The molecule has 4 heteroatoms. The average molecular weight is 247 g/mol. The van der Waals surface area contributed by atoms with Crippen LogP contribution in [0.15, 0.2) is 41.0 Å². The molecule has 0 unspecified atom stereocenters. The molecule has 0 radical (unpaired) electrons. The van der Waals surface area contributed by atoms with Crippen LogP contribution in [0.2, 0.25) is 0 Å². The van der Waals surface area contributed by atoms with E-state index in [1.807, 2.05) is 31.2 Å². The Kier molecular flexibility index (Phi) is 4.25. The fourth-order valence-electron chi connectivity index (χ4n) is 1.72. The Labute approximate surface area is 106 Å². The van der Waals surface area contributed by atoms with Crippen molar-refractivity contribution >= 4 is 0 Å². The number of phenols is 1. The van der Waals surface area contributed by atoms with Crippen LogP contribution in [0.1, 0.15) is 18.2 Å². The lowest BCUT2D eigenvalue weighted by Gasteiger charge is -2.10. The van der Waals surface area contributed by atoms with E-state index in [1.165, 1.54) is 0 Å². The first-order valence-electron chi connectivity index (χ1n) is 5.98. The Morgan fingerprint density at radius 3 is 2.83 bits per heavy atom. The molecule has 0 aliphatic carbocycles. The second-order valence-corrected chi connectivity index (χ2v) is 3.88. The Morgan fingerprint density at radius 1 is 1.22 bits per heavy atom. The number of aromatic hydroxyl groups is 1.